The fourth-order valence-electron chi connectivity index (χ4n) is 2.17. The van der Waals surface area contributed by atoms with Gasteiger partial charge < -0.3 is 15.8 Å². The van der Waals surface area contributed by atoms with Crippen LogP contribution in [0.3, 0.4) is 0 Å². The van der Waals surface area contributed by atoms with Crippen LogP contribution in [0.4, 0.5) is 10.1 Å². The molecule has 1 aliphatic rings. The molecule has 1 aliphatic carbocycles. The third kappa shape index (κ3) is 2.85. The van der Waals surface area contributed by atoms with Gasteiger partial charge in [-0.25, -0.2) is 4.98 Å². The lowest BCUT2D eigenvalue weighted by Gasteiger charge is -2.06. The Hall–Kier alpha value is -2.08. The highest BCUT2D eigenvalue weighted by Crippen LogP contribution is 2.36. The predicted molar refractivity (Wildman–Crippen MR) is 84.6 cm³/mol. The van der Waals surface area contributed by atoms with Gasteiger partial charge in [0.25, 0.3) is 0 Å². The van der Waals surface area contributed by atoms with Crippen LogP contribution in [0.5, 0.6) is 5.75 Å². The van der Waals surface area contributed by atoms with Crippen molar-refractivity contribution in [2.24, 2.45) is 5.92 Å². The number of hydrogen-bond donors (Lipinski definition) is 2. The maximum Gasteiger partial charge on any atom is 0.229 e. The van der Waals surface area contributed by atoms with E-state index in [2.05, 4.69) is 10.3 Å². The summed E-state index contributed by atoms with van der Waals surface area (Å²) in [5.41, 5.74) is 8.68. The molecule has 5 nitrogen and oxygen atoms in total. The zero-order chi connectivity index (χ0) is 15.0. The van der Waals surface area contributed by atoms with Gasteiger partial charge in [0.15, 0.2) is 5.13 Å². The number of rotatable bonds is 4. The summed E-state index contributed by atoms with van der Waals surface area (Å²) in [6.45, 7) is 1.97. The Morgan fingerprint density at radius 3 is 2.86 bits per heavy atom. The molecule has 0 unspecified atom stereocenters. The second-order valence-electron chi connectivity index (χ2n) is 5.18. The summed E-state index contributed by atoms with van der Waals surface area (Å²) in [7, 11) is 1.64. The van der Waals surface area contributed by atoms with Crippen molar-refractivity contribution in [2.45, 2.75) is 19.8 Å². The number of ether oxygens (including phenoxy) is 1. The van der Waals surface area contributed by atoms with Gasteiger partial charge in [-0.2, -0.15) is 0 Å². The van der Waals surface area contributed by atoms with E-state index in [1.807, 2.05) is 25.1 Å². The molecule has 1 heterocycles. The van der Waals surface area contributed by atoms with Crippen molar-refractivity contribution in [1.82, 2.24) is 4.98 Å². The molecule has 2 aromatic rings. The highest BCUT2D eigenvalue weighted by atomic mass is 32.1. The van der Waals surface area contributed by atoms with Crippen molar-refractivity contribution in [1.29, 1.82) is 0 Å². The Balaban J connectivity index is 1.86. The van der Waals surface area contributed by atoms with E-state index in [-0.39, 0.29) is 11.8 Å². The number of carbonyl (C=O) groups is 1. The first-order valence-corrected chi connectivity index (χ1v) is 7.62. The minimum Gasteiger partial charge on any atom is -0.496 e. The van der Waals surface area contributed by atoms with E-state index in [4.69, 9.17) is 10.5 Å². The second kappa shape index (κ2) is 5.37. The molecule has 0 atom stereocenters. The van der Waals surface area contributed by atoms with E-state index in [9.17, 15) is 4.79 Å². The lowest BCUT2D eigenvalue weighted by atomic mass is 10.1. The molecule has 1 aromatic carbocycles. The number of carbonyl (C=O) groups excluding carboxylic acids is 1. The van der Waals surface area contributed by atoms with Gasteiger partial charge in [0.05, 0.1) is 7.11 Å². The van der Waals surface area contributed by atoms with E-state index in [0.29, 0.717) is 15.8 Å². The highest BCUT2D eigenvalue weighted by Gasteiger charge is 2.30. The van der Waals surface area contributed by atoms with E-state index in [0.717, 1.165) is 29.7 Å². The number of anilines is 2. The van der Waals surface area contributed by atoms with E-state index in [1.165, 1.54) is 11.3 Å². The predicted octanol–water partition coefficient (Wildman–Crippen LogP) is 3.06. The molecule has 3 rings (SSSR count). The van der Waals surface area contributed by atoms with Crippen LogP contribution < -0.4 is 15.8 Å². The number of benzene rings is 1. The van der Waals surface area contributed by atoms with Gasteiger partial charge in [-0.05, 0) is 43.5 Å². The number of thiazole rings is 1. The number of nitrogens with one attached hydrogen (secondary N) is 1. The molecule has 0 aliphatic heterocycles. The van der Waals surface area contributed by atoms with E-state index >= 15 is 0 Å². The summed E-state index contributed by atoms with van der Waals surface area (Å²) in [6, 6.07) is 5.80. The number of nitrogens with zero attached hydrogens (tertiary/aromatic N) is 1. The fourth-order valence-corrected chi connectivity index (χ4v) is 2.93. The monoisotopic (exact) mass is 303 g/mol. The summed E-state index contributed by atoms with van der Waals surface area (Å²) in [6.07, 6.45) is 1.94. The van der Waals surface area contributed by atoms with Gasteiger partial charge in [-0.1, -0.05) is 11.3 Å². The van der Waals surface area contributed by atoms with Crippen molar-refractivity contribution in [3.63, 3.8) is 0 Å². The minimum atomic E-state index is 0.0428. The topological polar surface area (TPSA) is 77.2 Å². The Bertz CT molecular complexity index is 692. The summed E-state index contributed by atoms with van der Waals surface area (Å²) >= 11 is 1.30. The van der Waals surface area contributed by atoms with Crippen molar-refractivity contribution in [3.8, 4) is 17.0 Å². The van der Waals surface area contributed by atoms with Crippen molar-refractivity contribution < 1.29 is 9.53 Å². The first-order valence-electron chi connectivity index (χ1n) is 6.80. The van der Waals surface area contributed by atoms with Crippen LogP contribution in [0, 0.1) is 12.8 Å². The zero-order valence-corrected chi connectivity index (χ0v) is 12.8. The van der Waals surface area contributed by atoms with Crippen LogP contribution in [0.1, 0.15) is 18.4 Å². The standard InChI is InChI=1S/C15H17N3O2S/c1-8-7-10(5-6-11(8)20-2)12-13(16)21-15(17-12)18-14(19)9-3-4-9/h5-7,9H,3-4,16H2,1-2H3,(H,17,18,19). The van der Waals surface area contributed by atoms with Crippen molar-refractivity contribution >= 4 is 27.4 Å². The Kier molecular flexibility index (Phi) is 3.55. The maximum absolute atomic E-state index is 11.8. The quantitative estimate of drug-likeness (QED) is 0.910. The largest absolute Gasteiger partial charge is 0.496 e. The SMILES string of the molecule is COc1ccc(-c2nc(NC(=O)C3CC3)sc2N)cc1C. The molecule has 6 heteroatoms. The van der Waals surface area contributed by atoms with Crippen LogP contribution in [0.15, 0.2) is 18.2 Å². The van der Waals surface area contributed by atoms with E-state index < -0.39 is 0 Å². The van der Waals surface area contributed by atoms with Gasteiger partial charge in [0.2, 0.25) is 5.91 Å². The smallest absolute Gasteiger partial charge is 0.229 e. The van der Waals surface area contributed by atoms with Gasteiger partial charge in [0, 0.05) is 11.5 Å². The molecule has 21 heavy (non-hydrogen) atoms. The van der Waals surface area contributed by atoms with Crippen LogP contribution in [-0.4, -0.2) is 18.0 Å². The van der Waals surface area contributed by atoms with Crippen LogP contribution in [-0.2, 0) is 4.79 Å². The van der Waals surface area contributed by atoms with E-state index in [1.54, 1.807) is 7.11 Å². The minimum absolute atomic E-state index is 0.0428. The lowest BCUT2D eigenvalue weighted by molar-refractivity contribution is -0.117. The number of nitrogens with two attached hydrogens (primary N) is 1. The van der Waals surface area contributed by atoms with Crippen molar-refractivity contribution in [3.05, 3.63) is 23.8 Å². The molecule has 110 valence electrons. The normalized spacial score (nSPS) is 14.0. The molecule has 0 bridgehead atoms. The number of methoxy groups -OCH3 is 1. The molecule has 1 amide bonds. The van der Waals surface area contributed by atoms with Gasteiger partial charge in [0.1, 0.15) is 16.4 Å². The van der Waals surface area contributed by atoms with Crippen molar-refractivity contribution in [2.75, 3.05) is 18.2 Å². The van der Waals surface area contributed by atoms with Crippen LogP contribution in [0.25, 0.3) is 11.3 Å². The molecule has 0 spiro atoms. The molecule has 0 saturated heterocycles. The van der Waals surface area contributed by atoms with Crippen LogP contribution in [0.2, 0.25) is 0 Å². The van der Waals surface area contributed by atoms with Gasteiger partial charge in [-0.15, -0.1) is 0 Å². The maximum atomic E-state index is 11.8. The average molecular weight is 303 g/mol. The second-order valence-corrected chi connectivity index (χ2v) is 6.21. The highest BCUT2D eigenvalue weighted by molar-refractivity contribution is 7.20. The van der Waals surface area contributed by atoms with Crippen LogP contribution >= 0.6 is 11.3 Å². The molecule has 1 saturated carbocycles. The summed E-state index contributed by atoms with van der Waals surface area (Å²) in [5, 5.41) is 4.00. The molecular weight excluding hydrogens is 286 g/mol. The molecule has 3 N–H and O–H groups in total. The number of hydrogen-bond acceptors (Lipinski definition) is 5. The molecular formula is C15H17N3O2S. The fraction of sp³-hybridized carbons (Fsp3) is 0.333. The number of aryl methyl sites for hydroxylation is 1. The number of amides is 1. The van der Waals surface area contributed by atoms with Gasteiger partial charge >= 0.3 is 0 Å². The average Bonchev–Trinajstić information content (AvgIpc) is 3.23. The third-order valence-electron chi connectivity index (χ3n) is 3.50. The first-order chi connectivity index (χ1) is 10.1. The number of nitrogen functional groups attached to an aromatic ring is 1. The third-order valence-corrected chi connectivity index (χ3v) is 4.30. The summed E-state index contributed by atoms with van der Waals surface area (Å²) in [5.74, 6) is 1.03. The molecule has 1 fully saturated rings. The van der Waals surface area contributed by atoms with Gasteiger partial charge in [-0.3, -0.25) is 4.79 Å². The Morgan fingerprint density at radius 1 is 1.48 bits per heavy atom. The summed E-state index contributed by atoms with van der Waals surface area (Å²) < 4.78 is 5.25. The molecule has 1 aromatic heterocycles. The lowest BCUT2D eigenvalue weighted by Crippen LogP contribution is -2.12. The Morgan fingerprint density at radius 2 is 2.24 bits per heavy atom. The Labute approximate surface area is 127 Å². The zero-order valence-electron chi connectivity index (χ0n) is 12.0. The first kappa shape index (κ1) is 13.9. The molecule has 0 radical (unpaired) electrons. The number of aromatic nitrogens is 1. The summed E-state index contributed by atoms with van der Waals surface area (Å²) in [4.78, 5) is 16.2.